The summed E-state index contributed by atoms with van der Waals surface area (Å²) in [5, 5.41) is 4.41. The lowest BCUT2D eigenvalue weighted by atomic mass is 9.94. The van der Waals surface area contributed by atoms with E-state index in [-0.39, 0.29) is 0 Å². The summed E-state index contributed by atoms with van der Waals surface area (Å²) in [4.78, 5) is 0. The number of nitrogens with zero attached hydrogens (tertiary/aromatic N) is 2. The Balaban J connectivity index is 2.58. The van der Waals surface area contributed by atoms with Crippen LogP contribution in [-0.2, 0) is 13.6 Å². The van der Waals surface area contributed by atoms with E-state index in [2.05, 4.69) is 50.3 Å². The van der Waals surface area contributed by atoms with Crippen LogP contribution in [0.1, 0.15) is 36.6 Å². The molecule has 3 nitrogen and oxygen atoms in total. The third-order valence-corrected chi connectivity index (χ3v) is 3.32. The van der Waals surface area contributed by atoms with E-state index in [1.807, 2.05) is 11.7 Å². The third kappa shape index (κ3) is 2.31. The van der Waals surface area contributed by atoms with Crippen molar-refractivity contribution in [1.29, 1.82) is 0 Å². The molecule has 1 aromatic carbocycles. The lowest BCUT2D eigenvalue weighted by Gasteiger charge is -2.11. The van der Waals surface area contributed by atoms with Gasteiger partial charge in [0, 0.05) is 25.4 Å². The topological polar surface area (TPSA) is 43.8 Å². The molecule has 0 amide bonds. The van der Waals surface area contributed by atoms with Gasteiger partial charge in [-0.1, -0.05) is 32.0 Å². The fourth-order valence-electron chi connectivity index (χ4n) is 2.20. The first-order valence-corrected chi connectivity index (χ1v) is 6.36. The molecule has 0 saturated carbocycles. The molecule has 0 radical (unpaired) electrons. The highest BCUT2D eigenvalue weighted by molar-refractivity contribution is 5.69. The van der Waals surface area contributed by atoms with Crippen LogP contribution >= 0.6 is 0 Å². The van der Waals surface area contributed by atoms with Gasteiger partial charge in [0.15, 0.2) is 0 Å². The highest BCUT2D eigenvalue weighted by Gasteiger charge is 2.12. The van der Waals surface area contributed by atoms with Crippen LogP contribution in [0.3, 0.4) is 0 Å². The predicted molar refractivity (Wildman–Crippen MR) is 75.4 cm³/mol. The van der Waals surface area contributed by atoms with Gasteiger partial charge >= 0.3 is 0 Å². The fourth-order valence-corrected chi connectivity index (χ4v) is 2.20. The highest BCUT2D eigenvalue weighted by Crippen LogP contribution is 2.29. The predicted octanol–water partition coefficient (Wildman–Crippen LogP) is 2.98. The Morgan fingerprint density at radius 2 is 2.00 bits per heavy atom. The number of hydrogen-bond donors (Lipinski definition) is 1. The molecule has 1 aromatic heterocycles. The molecule has 0 fully saturated rings. The summed E-state index contributed by atoms with van der Waals surface area (Å²) in [6, 6.07) is 6.64. The first kappa shape index (κ1) is 12.8. The lowest BCUT2D eigenvalue weighted by Crippen LogP contribution is -2.00. The molecular weight excluding hydrogens is 222 g/mol. The molecule has 96 valence electrons. The molecule has 0 spiro atoms. The molecule has 3 heteroatoms. The Kier molecular flexibility index (Phi) is 3.53. The van der Waals surface area contributed by atoms with Crippen LogP contribution in [0.4, 0.5) is 0 Å². The SMILES string of the molecule is Cc1ccc(C(C)C)cc1-c1cn(C)nc1CN. The average Bonchev–Trinajstić information content (AvgIpc) is 2.70. The minimum Gasteiger partial charge on any atom is -0.325 e. The quantitative estimate of drug-likeness (QED) is 0.900. The molecule has 2 rings (SSSR count). The molecule has 0 unspecified atom stereocenters. The van der Waals surface area contributed by atoms with Gasteiger partial charge in [-0.05, 0) is 29.5 Å². The van der Waals surface area contributed by atoms with Gasteiger partial charge in [0.2, 0.25) is 0 Å². The van der Waals surface area contributed by atoms with E-state index in [1.54, 1.807) is 0 Å². The second-order valence-corrected chi connectivity index (χ2v) is 5.10. The molecular formula is C15H21N3. The van der Waals surface area contributed by atoms with Crippen molar-refractivity contribution >= 4 is 0 Å². The summed E-state index contributed by atoms with van der Waals surface area (Å²) < 4.78 is 1.83. The van der Waals surface area contributed by atoms with Crippen molar-refractivity contribution in [3.63, 3.8) is 0 Å². The van der Waals surface area contributed by atoms with E-state index in [0.29, 0.717) is 12.5 Å². The minimum atomic E-state index is 0.474. The van der Waals surface area contributed by atoms with Gasteiger partial charge in [-0.25, -0.2) is 0 Å². The van der Waals surface area contributed by atoms with E-state index < -0.39 is 0 Å². The largest absolute Gasteiger partial charge is 0.325 e. The second kappa shape index (κ2) is 4.94. The Morgan fingerprint density at radius 3 is 2.61 bits per heavy atom. The summed E-state index contributed by atoms with van der Waals surface area (Å²) in [6.45, 7) is 7.03. The zero-order chi connectivity index (χ0) is 13.3. The Bertz CT molecular complexity index is 553. The van der Waals surface area contributed by atoms with Crippen LogP contribution in [0, 0.1) is 6.92 Å². The van der Waals surface area contributed by atoms with Crippen LogP contribution in [-0.4, -0.2) is 9.78 Å². The van der Waals surface area contributed by atoms with Crippen LogP contribution in [0.2, 0.25) is 0 Å². The van der Waals surface area contributed by atoms with Gasteiger partial charge in [-0.3, -0.25) is 4.68 Å². The number of hydrogen-bond acceptors (Lipinski definition) is 2. The number of rotatable bonds is 3. The van der Waals surface area contributed by atoms with Crippen molar-refractivity contribution < 1.29 is 0 Å². The molecule has 2 N–H and O–H groups in total. The van der Waals surface area contributed by atoms with Gasteiger partial charge in [0.1, 0.15) is 0 Å². The van der Waals surface area contributed by atoms with Crippen LogP contribution in [0.5, 0.6) is 0 Å². The number of benzene rings is 1. The van der Waals surface area contributed by atoms with Crippen molar-refractivity contribution in [2.24, 2.45) is 12.8 Å². The molecule has 2 aromatic rings. The van der Waals surface area contributed by atoms with Crippen LogP contribution in [0.25, 0.3) is 11.1 Å². The van der Waals surface area contributed by atoms with E-state index in [1.165, 1.54) is 16.7 Å². The van der Waals surface area contributed by atoms with Crippen LogP contribution < -0.4 is 5.73 Å². The van der Waals surface area contributed by atoms with Crippen molar-refractivity contribution in [3.05, 3.63) is 41.2 Å². The Morgan fingerprint density at radius 1 is 1.28 bits per heavy atom. The summed E-state index contributed by atoms with van der Waals surface area (Å²) in [7, 11) is 1.93. The zero-order valence-corrected chi connectivity index (χ0v) is 11.6. The summed E-state index contributed by atoms with van der Waals surface area (Å²) in [5.41, 5.74) is 11.7. The number of aryl methyl sites for hydroxylation is 2. The summed E-state index contributed by atoms with van der Waals surface area (Å²) >= 11 is 0. The van der Waals surface area contributed by atoms with Gasteiger partial charge in [-0.2, -0.15) is 5.10 Å². The molecule has 0 aliphatic carbocycles. The first-order valence-electron chi connectivity index (χ1n) is 6.36. The lowest BCUT2D eigenvalue weighted by molar-refractivity contribution is 0.742. The third-order valence-electron chi connectivity index (χ3n) is 3.32. The molecule has 0 saturated heterocycles. The van der Waals surface area contributed by atoms with Gasteiger partial charge < -0.3 is 5.73 Å². The van der Waals surface area contributed by atoms with Crippen molar-refractivity contribution in [2.45, 2.75) is 33.2 Å². The second-order valence-electron chi connectivity index (χ2n) is 5.10. The van der Waals surface area contributed by atoms with Crippen molar-refractivity contribution in [1.82, 2.24) is 9.78 Å². The van der Waals surface area contributed by atoms with Crippen LogP contribution in [0.15, 0.2) is 24.4 Å². The van der Waals surface area contributed by atoms with Gasteiger partial charge in [0.05, 0.1) is 5.69 Å². The van der Waals surface area contributed by atoms with Crippen molar-refractivity contribution in [2.75, 3.05) is 0 Å². The molecule has 0 aliphatic rings. The minimum absolute atomic E-state index is 0.474. The maximum atomic E-state index is 5.77. The van der Waals surface area contributed by atoms with Gasteiger partial charge in [-0.15, -0.1) is 0 Å². The summed E-state index contributed by atoms with van der Waals surface area (Å²) in [5.74, 6) is 0.530. The number of aromatic nitrogens is 2. The van der Waals surface area contributed by atoms with Gasteiger partial charge in [0.25, 0.3) is 0 Å². The number of nitrogens with two attached hydrogens (primary N) is 1. The zero-order valence-electron chi connectivity index (χ0n) is 11.6. The molecule has 18 heavy (non-hydrogen) atoms. The maximum absolute atomic E-state index is 5.77. The Hall–Kier alpha value is -1.61. The molecule has 0 atom stereocenters. The average molecular weight is 243 g/mol. The Labute approximate surface area is 109 Å². The highest BCUT2D eigenvalue weighted by atomic mass is 15.3. The standard InChI is InChI=1S/C15H21N3/c1-10(2)12-6-5-11(3)13(7-12)14-9-18(4)17-15(14)8-16/h5-7,9-10H,8,16H2,1-4H3. The first-order chi connectivity index (χ1) is 8.52. The monoisotopic (exact) mass is 243 g/mol. The van der Waals surface area contributed by atoms with E-state index in [0.717, 1.165) is 11.3 Å². The molecule has 0 bridgehead atoms. The maximum Gasteiger partial charge on any atom is 0.0838 e. The molecule has 0 aliphatic heterocycles. The van der Waals surface area contributed by atoms with E-state index >= 15 is 0 Å². The smallest absolute Gasteiger partial charge is 0.0838 e. The molecule has 1 heterocycles. The van der Waals surface area contributed by atoms with E-state index in [4.69, 9.17) is 5.73 Å². The fraction of sp³-hybridized carbons (Fsp3) is 0.400. The normalized spacial score (nSPS) is 11.2. The van der Waals surface area contributed by atoms with Crippen molar-refractivity contribution in [3.8, 4) is 11.1 Å². The van der Waals surface area contributed by atoms with E-state index in [9.17, 15) is 0 Å². The summed E-state index contributed by atoms with van der Waals surface area (Å²) in [6.07, 6.45) is 2.05.